The number of amides is 1. The number of phenolic OH excluding ortho intramolecular Hbond substituents is 1. The largest absolute Gasteiger partial charge is 0.507 e. The third-order valence-corrected chi connectivity index (χ3v) is 3.08. The second-order valence-corrected chi connectivity index (χ2v) is 4.70. The summed E-state index contributed by atoms with van der Waals surface area (Å²) in [6.45, 7) is -0.234. The zero-order valence-electron chi connectivity index (χ0n) is 11.3. The van der Waals surface area contributed by atoms with Gasteiger partial charge in [0.25, 0.3) is 5.91 Å². The Morgan fingerprint density at radius 2 is 1.90 bits per heavy atom. The molecule has 0 unspecified atom stereocenters. The lowest BCUT2D eigenvalue weighted by atomic mass is 10.1. The van der Waals surface area contributed by atoms with Gasteiger partial charge in [-0.3, -0.25) is 4.79 Å². The van der Waals surface area contributed by atoms with E-state index in [-0.39, 0.29) is 12.2 Å². The van der Waals surface area contributed by atoms with Gasteiger partial charge in [0.15, 0.2) is 0 Å². The third-order valence-electron chi connectivity index (χ3n) is 3.08. The Morgan fingerprint density at radius 1 is 1.19 bits per heavy atom. The van der Waals surface area contributed by atoms with Gasteiger partial charge in [-0.2, -0.15) is 0 Å². The van der Waals surface area contributed by atoms with Crippen LogP contribution in [0.2, 0.25) is 0 Å². The Labute approximate surface area is 121 Å². The van der Waals surface area contributed by atoms with Crippen molar-refractivity contribution in [2.24, 2.45) is 0 Å². The van der Waals surface area contributed by atoms with Gasteiger partial charge in [0.2, 0.25) is 0 Å². The molecule has 2 aromatic rings. The molecule has 0 saturated heterocycles. The number of carbonyl (C=O) groups is 1. The predicted octanol–water partition coefficient (Wildman–Crippen LogP) is 1.86. The second kappa shape index (κ2) is 6.85. The van der Waals surface area contributed by atoms with Crippen LogP contribution in [-0.2, 0) is 6.42 Å². The van der Waals surface area contributed by atoms with Gasteiger partial charge in [0, 0.05) is 6.07 Å². The summed E-state index contributed by atoms with van der Waals surface area (Å²) in [6.07, 6.45) is 0.463. The van der Waals surface area contributed by atoms with E-state index in [9.17, 15) is 19.4 Å². The van der Waals surface area contributed by atoms with Crippen molar-refractivity contribution in [3.05, 3.63) is 65.5 Å². The van der Waals surface area contributed by atoms with E-state index in [1.54, 1.807) is 0 Å². The first-order valence-electron chi connectivity index (χ1n) is 6.54. The average molecular weight is 289 g/mol. The van der Waals surface area contributed by atoms with Gasteiger partial charge < -0.3 is 15.5 Å². The molecule has 0 aliphatic heterocycles. The number of hydrogen-bond acceptors (Lipinski definition) is 3. The lowest BCUT2D eigenvalue weighted by Gasteiger charge is -2.17. The number of rotatable bonds is 5. The summed E-state index contributed by atoms with van der Waals surface area (Å²) < 4.78 is 12.9. The summed E-state index contributed by atoms with van der Waals surface area (Å²) in [6, 6.07) is 12.1. The molecule has 0 spiro atoms. The fourth-order valence-corrected chi connectivity index (χ4v) is 2.02. The van der Waals surface area contributed by atoms with Crippen LogP contribution in [0.4, 0.5) is 4.39 Å². The maximum atomic E-state index is 12.9. The van der Waals surface area contributed by atoms with E-state index < -0.39 is 23.5 Å². The Kier molecular flexibility index (Phi) is 4.90. The maximum Gasteiger partial charge on any atom is 0.255 e. The minimum Gasteiger partial charge on any atom is -0.507 e. The van der Waals surface area contributed by atoms with Crippen molar-refractivity contribution < 1.29 is 19.4 Å². The third kappa shape index (κ3) is 4.03. The molecule has 0 saturated carbocycles. The lowest BCUT2D eigenvalue weighted by molar-refractivity contribution is 0.0913. The first kappa shape index (κ1) is 15.0. The van der Waals surface area contributed by atoms with Crippen molar-refractivity contribution >= 4 is 5.91 Å². The number of aliphatic hydroxyl groups excluding tert-OH is 1. The normalized spacial score (nSPS) is 11.9. The molecule has 0 radical (unpaired) electrons. The number of hydrogen-bond donors (Lipinski definition) is 3. The average Bonchev–Trinajstić information content (AvgIpc) is 2.47. The second-order valence-electron chi connectivity index (χ2n) is 4.70. The van der Waals surface area contributed by atoms with Gasteiger partial charge in [-0.25, -0.2) is 4.39 Å². The molecule has 1 amide bonds. The van der Waals surface area contributed by atoms with Crippen LogP contribution in [0, 0.1) is 5.82 Å². The van der Waals surface area contributed by atoms with Crippen molar-refractivity contribution in [3.8, 4) is 5.75 Å². The molecule has 0 bridgehead atoms. The van der Waals surface area contributed by atoms with E-state index >= 15 is 0 Å². The van der Waals surface area contributed by atoms with Crippen LogP contribution in [0.3, 0.4) is 0 Å². The van der Waals surface area contributed by atoms with Crippen LogP contribution in [0.5, 0.6) is 5.75 Å². The standard InChI is InChI=1S/C16H16FNO3/c17-12-6-7-14(15(20)9-12)16(21)18-13(10-19)8-11-4-2-1-3-5-11/h1-7,9,13,19-20H,8,10H2,(H,18,21)/t13-/m1/s1. The summed E-state index contributed by atoms with van der Waals surface area (Å²) in [5, 5.41) is 21.6. The zero-order valence-corrected chi connectivity index (χ0v) is 11.3. The van der Waals surface area contributed by atoms with Gasteiger partial charge in [-0.15, -0.1) is 0 Å². The molecule has 0 aromatic heterocycles. The molecular weight excluding hydrogens is 273 g/mol. The highest BCUT2D eigenvalue weighted by Gasteiger charge is 2.16. The van der Waals surface area contributed by atoms with Crippen LogP contribution < -0.4 is 5.32 Å². The monoisotopic (exact) mass is 289 g/mol. The van der Waals surface area contributed by atoms with Gasteiger partial charge >= 0.3 is 0 Å². The van der Waals surface area contributed by atoms with E-state index in [4.69, 9.17) is 0 Å². The zero-order chi connectivity index (χ0) is 15.2. The first-order valence-corrected chi connectivity index (χ1v) is 6.54. The molecule has 21 heavy (non-hydrogen) atoms. The summed E-state index contributed by atoms with van der Waals surface area (Å²) in [5.74, 6) is -1.60. The van der Waals surface area contributed by atoms with Crippen molar-refractivity contribution in [2.75, 3.05) is 6.61 Å². The minimum absolute atomic E-state index is 0.0251. The Balaban J connectivity index is 2.06. The Hall–Kier alpha value is -2.40. The summed E-state index contributed by atoms with van der Waals surface area (Å²) in [7, 11) is 0. The number of halogens is 1. The van der Waals surface area contributed by atoms with Crippen molar-refractivity contribution in [3.63, 3.8) is 0 Å². The predicted molar refractivity (Wildman–Crippen MR) is 76.6 cm³/mol. The SMILES string of the molecule is O=C(N[C@@H](CO)Cc1ccccc1)c1ccc(F)cc1O. The summed E-state index contributed by atoms with van der Waals surface area (Å²) in [4.78, 5) is 12.0. The highest BCUT2D eigenvalue weighted by Crippen LogP contribution is 2.18. The molecule has 0 aliphatic carbocycles. The number of nitrogens with one attached hydrogen (secondary N) is 1. The van der Waals surface area contributed by atoms with Crippen LogP contribution in [-0.4, -0.2) is 28.8 Å². The van der Waals surface area contributed by atoms with Crippen molar-refractivity contribution in [1.29, 1.82) is 0 Å². The molecule has 3 N–H and O–H groups in total. The molecule has 5 heteroatoms. The smallest absolute Gasteiger partial charge is 0.255 e. The van der Waals surface area contributed by atoms with Gasteiger partial charge in [0.05, 0.1) is 18.2 Å². The molecule has 0 fully saturated rings. The highest BCUT2D eigenvalue weighted by atomic mass is 19.1. The van der Waals surface area contributed by atoms with E-state index in [0.29, 0.717) is 6.42 Å². The van der Waals surface area contributed by atoms with Gasteiger partial charge in [-0.05, 0) is 24.1 Å². The Morgan fingerprint density at radius 3 is 2.52 bits per heavy atom. The molecular formula is C16H16FNO3. The molecule has 2 rings (SSSR count). The quantitative estimate of drug-likeness (QED) is 0.787. The Bertz CT molecular complexity index is 616. The van der Waals surface area contributed by atoms with E-state index in [2.05, 4.69) is 5.32 Å². The topological polar surface area (TPSA) is 69.6 Å². The molecule has 4 nitrogen and oxygen atoms in total. The van der Waals surface area contributed by atoms with Crippen molar-refractivity contribution in [2.45, 2.75) is 12.5 Å². The summed E-state index contributed by atoms with van der Waals surface area (Å²) >= 11 is 0. The number of carbonyl (C=O) groups excluding carboxylic acids is 1. The maximum absolute atomic E-state index is 12.9. The molecule has 0 heterocycles. The van der Waals surface area contributed by atoms with E-state index in [1.807, 2.05) is 30.3 Å². The lowest BCUT2D eigenvalue weighted by Crippen LogP contribution is -2.39. The molecule has 0 aliphatic rings. The van der Waals surface area contributed by atoms with E-state index in [1.165, 1.54) is 6.07 Å². The molecule has 2 aromatic carbocycles. The van der Waals surface area contributed by atoms with Gasteiger partial charge in [0.1, 0.15) is 11.6 Å². The van der Waals surface area contributed by atoms with Crippen molar-refractivity contribution in [1.82, 2.24) is 5.32 Å². The minimum atomic E-state index is -0.618. The van der Waals surface area contributed by atoms with Crippen LogP contribution in [0.15, 0.2) is 48.5 Å². The fraction of sp³-hybridized carbons (Fsp3) is 0.188. The number of phenols is 1. The molecule has 110 valence electrons. The van der Waals surface area contributed by atoms with Gasteiger partial charge in [-0.1, -0.05) is 30.3 Å². The fourth-order valence-electron chi connectivity index (χ4n) is 2.02. The number of aromatic hydroxyl groups is 1. The van der Waals surface area contributed by atoms with Crippen LogP contribution in [0.25, 0.3) is 0 Å². The first-order chi connectivity index (χ1) is 10.1. The molecule has 1 atom stereocenters. The number of benzene rings is 2. The van der Waals surface area contributed by atoms with Crippen LogP contribution in [0.1, 0.15) is 15.9 Å². The number of aliphatic hydroxyl groups is 1. The van der Waals surface area contributed by atoms with Crippen LogP contribution >= 0.6 is 0 Å². The summed E-state index contributed by atoms with van der Waals surface area (Å²) in [5.41, 5.74) is 0.947. The highest BCUT2D eigenvalue weighted by molar-refractivity contribution is 5.96. The van der Waals surface area contributed by atoms with E-state index in [0.717, 1.165) is 17.7 Å².